The van der Waals surface area contributed by atoms with Gasteiger partial charge in [-0.05, 0) is 44.2 Å². The SMILES string of the molecule is CC(C)C[C@H](N)CN1CCC(C)CC1. The molecule has 2 nitrogen and oxygen atoms in total. The standard InChI is InChI=1S/C12H26N2/c1-10(2)8-12(13)9-14-6-4-11(3)5-7-14/h10-12H,4-9,13H2,1-3H3/t12-/m0/s1. The molecule has 2 heteroatoms. The molecule has 0 saturated carbocycles. The van der Waals surface area contributed by atoms with Crippen molar-refractivity contribution >= 4 is 0 Å². The van der Waals surface area contributed by atoms with Gasteiger partial charge < -0.3 is 10.6 Å². The van der Waals surface area contributed by atoms with Gasteiger partial charge in [-0.1, -0.05) is 20.8 Å². The van der Waals surface area contributed by atoms with Crippen LogP contribution in [0.2, 0.25) is 0 Å². The lowest BCUT2D eigenvalue weighted by molar-refractivity contribution is 0.178. The fraction of sp³-hybridized carbons (Fsp3) is 1.00. The number of piperidine rings is 1. The molecular weight excluding hydrogens is 172 g/mol. The van der Waals surface area contributed by atoms with Crippen LogP contribution in [-0.4, -0.2) is 30.6 Å². The zero-order valence-corrected chi connectivity index (χ0v) is 10.00. The predicted octanol–water partition coefficient (Wildman–Crippen LogP) is 2.09. The van der Waals surface area contributed by atoms with Crippen LogP contribution >= 0.6 is 0 Å². The monoisotopic (exact) mass is 198 g/mol. The van der Waals surface area contributed by atoms with E-state index in [4.69, 9.17) is 5.73 Å². The smallest absolute Gasteiger partial charge is 0.0170 e. The van der Waals surface area contributed by atoms with Crippen LogP contribution < -0.4 is 5.73 Å². The number of hydrogen-bond donors (Lipinski definition) is 1. The van der Waals surface area contributed by atoms with Crippen molar-refractivity contribution < 1.29 is 0 Å². The zero-order valence-electron chi connectivity index (χ0n) is 10.00. The number of rotatable bonds is 4. The summed E-state index contributed by atoms with van der Waals surface area (Å²) in [6.07, 6.45) is 3.87. The van der Waals surface area contributed by atoms with Crippen molar-refractivity contribution in [1.29, 1.82) is 0 Å². The lowest BCUT2D eigenvalue weighted by atomic mass is 9.98. The van der Waals surface area contributed by atoms with Crippen molar-refractivity contribution in [1.82, 2.24) is 4.90 Å². The maximum Gasteiger partial charge on any atom is 0.0170 e. The molecule has 14 heavy (non-hydrogen) atoms. The van der Waals surface area contributed by atoms with Crippen LogP contribution in [-0.2, 0) is 0 Å². The first-order valence-corrected chi connectivity index (χ1v) is 6.06. The van der Waals surface area contributed by atoms with Gasteiger partial charge in [0.25, 0.3) is 0 Å². The zero-order chi connectivity index (χ0) is 10.6. The van der Waals surface area contributed by atoms with E-state index in [0.717, 1.165) is 24.8 Å². The maximum absolute atomic E-state index is 6.10. The fourth-order valence-electron chi connectivity index (χ4n) is 2.26. The largest absolute Gasteiger partial charge is 0.327 e. The first-order valence-electron chi connectivity index (χ1n) is 6.06. The third kappa shape index (κ3) is 4.43. The Hall–Kier alpha value is -0.0800. The molecule has 0 aromatic rings. The minimum atomic E-state index is 0.378. The van der Waals surface area contributed by atoms with Crippen molar-refractivity contribution in [3.8, 4) is 0 Å². The highest BCUT2D eigenvalue weighted by molar-refractivity contribution is 4.74. The molecule has 1 atom stereocenters. The Balaban J connectivity index is 2.17. The summed E-state index contributed by atoms with van der Waals surface area (Å²) in [6.45, 7) is 10.5. The minimum absolute atomic E-state index is 0.378. The highest BCUT2D eigenvalue weighted by Gasteiger charge is 2.17. The van der Waals surface area contributed by atoms with Crippen LogP contribution in [0.15, 0.2) is 0 Å². The Kier molecular flexibility index (Phi) is 4.90. The fourth-order valence-corrected chi connectivity index (χ4v) is 2.26. The molecule has 1 rings (SSSR count). The molecular formula is C12H26N2. The van der Waals surface area contributed by atoms with Gasteiger partial charge in [-0.25, -0.2) is 0 Å². The van der Waals surface area contributed by atoms with E-state index >= 15 is 0 Å². The van der Waals surface area contributed by atoms with Gasteiger partial charge in [0, 0.05) is 12.6 Å². The maximum atomic E-state index is 6.10. The summed E-state index contributed by atoms with van der Waals surface area (Å²) in [7, 11) is 0. The van der Waals surface area contributed by atoms with Crippen LogP contribution in [0.5, 0.6) is 0 Å². The molecule has 84 valence electrons. The quantitative estimate of drug-likeness (QED) is 0.749. The lowest BCUT2D eigenvalue weighted by Crippen LogP contribution is -2.42. The molecule has 1 aliphatic rings. The highest BCUT2D eigenvalue weighted by Crippen LogP contribution is 2.16. The van der Waals surface area contributed by atoms with Gasteiger partial charge in [0.1, 0.15) is 0 Å². The molecule has 0 bridgehead atoms. The number of hydrogen-bond acceptors (Lipinski definition) is 2. The summed E-state index contributed by atoms with van der Waals surface area (Å²) in [6, 6.07) is 0.378. The van der Waals surface area contributed by atoms with Crippen molar-refractivity contribution in [3.05, 3.63) is 0 Å². The van der Waals surface area contributed by atoms with Gasteiger partial charge in [-0.3, -0.25) is 0 Å². The van der Waals surface area contributed by atoms with Gasteiger partial charge in [0.05, 0.1) is 0 Å². The van der Waals surface area contributed by atoms with Crippen molar-refractivity contribution in [2.45, 2.75) is 46.1 Å². The second kappa shape index (κ2) is 5.72. The number of likely N-dealkylation sites (tertiary alicyclic amines) is 1. The molecule has 1 heterocycles. The predicted molar refractivity (Wildman–Crippen MR) is 62.3 cm³/mol. The van der Waals surface area contributed by atoms with Crippen LogP contribution in [0.1, 0.15) is 40.0 Å². The molecule has 0 spiro atoms. The Morgan fingerprint density at radius 3 is 2.36 bits per heavy atom. The van der Waals surface area contributed by atoms with Crippen LogP contribution in [0, 0.1) is 11.8 Å². The third-order valence-corrected chi connectivity index (χ3v) is 3.14. The topological polar surface area (TPSA) is 29.3 Å². The molecule has 0 amide bonds. The summed E-state index contributed by atoms with van der Waals surface area (Å²) < 4.78 is 0. The first-order chi connectivity index (χ1) is 6.58. The van der Waals surface area contributed by atoms with E-state index < -0.39 is 0 Å². The summed E-state index contributed by atoms with van der Waals surface area (Å²) >= 11 is 0. The molecule has 0 unspecified atom stereocenters. The highest BCUT2D eigenvalue weighted by atomic mass is 15.1. The van der Waals surface area contributed by atoms with E-state index in [1.165, 1.54) is 25.9 Å². The molecule has 0 aliphatic carbocycles. The molecule has 2 N–H and O–H groups in total. The summed E-state index contributed by atoms with van der Waals surface area (Å²) in [5.41, 5.74) is 6.10. The third-order valence-electron chi connectivity index (χ3n) is 3.14. The van der Waals surface area contributed by atoms with E-state index in [2.05, 4.69) is 25.7 Å². The van der Waals surface area contributed by atoms with Crippen LogP contribution in [0.25, 0.3) is 0 Å². The second-order valence-electron chi connectivity index (χ2n) is 5.37. The van der Waals surface area contributed by atoms with Crippen LogP contribution in [0.4, 0.5) is 0 Å². The average molecular weight is 198 g/mol. The summed E-state index contributed by atoms with van der Waals surface area (Å²) in [4.78, 5) is 2.53. The van der Waals surface area contributed by atoms with E-state index in [1.807, 2.05) is 0 Å². The Labute approximate surface area is 88.8 Å². The normalized spacial score (nSPS) is 22.9. The Morgan fingerprint density at radius 2 is 1.86 bits per heavy atom. The first kappa shape index (κ1) is 12.0. The van der Waals surface area contributed by atoms with Gasteiger partial charge in [0.15, 0.2) is 0 Å². The van der Waals surface area contributed by atoms with Crippen LogP contribution in [0.3, 0.4) is 0 Å². The van der Waals surface area contributed by atoms with Gasteiger partial charge in [-0.15, -0.1) is 0 Å². The average Bonchev–Trinajstić information content (AvgIpc) is 2.07. The van der Waals surface area contributed by atoms with Crippen molar-refractivity contribution in [2.75, 3.05) is 19.6 Å². The molecule has 1 saturated heterocycles. The molecule has 1 aliphatic heterocycles. The molecule has 0 aromatic carbocycles. The Bertz CT molecular complexity index is 148. The molecule has 0 radical (unpaired) electrons. The van der Waals surface area contributed by atoms with Gasteiger partial charge in [0.2, 0.25) is 0 Å². The Morgan fingerprint density at radius 1 is 1.29 bits per heavy atom. The lowest BCUT2D eigenvalue weighted by Gasteiger charge is -2.32. The van der Waals surface area contributed by atoms with E-state index in [0.29, 0.717) is 6.04 Å². The number of nitrogens with zero attached hydrogens (tertiary/aromatic N) is 1. The second-order valence-corrected chi connectivity index (χ2v) is 5.37. The van der Waals surface area contributed by atoms with E-state index in [1.54, 1.807) is 0 Å². The van der Waals surface area contributed by atoms with E-state index in [-0.39, 0.29) is 0 Å². The summed E-state index contributed by atoms with van der Waals surface area (Å²) in [5.74, 6) is 1.65. The van der Waals surface area contributed by atoms with Crippen molar-refractivity contribution in [3.63, 3.8) is 0 Å². The minimum Gasteiger partial charge on any atom is -0.327 e. The van der Waals surface area contributed by atoms with E-state index in [9.17, 15) is 0 Å². The van der Waals surface area contributed by atoms with Crippen molar-refractivity contribution in [2.24, 2.45) is 17.6 Å². The molecule has 0 aromatic heterocycles. The summed E-state index contributed by atoms with van der Waals surface area (Å²) in [5, 5.41) is 0. The van der Waals surface area contributed by atoms with Gasteiger partial charge in [-0.2, -0.15) is 0 Å². The van der Waals surface area contributed by atoms with Gasteiger partial charge >= 0.3 is 0 Å². The number of nitrogens with two attached hydrogens (primary N) is 1. The molecule has 1 fully saturated rings.